The molecule has 0 aliphatic carbocycles. The molecule has 0 saturated carbocycles. The molecule has 7 heteroatoms. The summed E-state index contributed by atoms with van der Waals surface area (Å²) < 4.78 is 41.2. The van der Waals surface area contributed by atoms with Crippen molar-refractivity contribution >= 4 is 17.5 Å². The second kappa shape index (κ2) is 5.95. The van der Waals surface area contributed by atoms with Crippen molar-refractivity contribution < 1.29 is 22.7 Å². The van der Waals surface area contributed by atoms with Gasteiger partial charge in [0.05, 0.1) is 5.02 Å². The van der Waals surface area contributed by atoms with Gasteiger partial charge >= 0.3 is 6.18 Å². The lowest BCUT2D eigenvalue weighted by atomic mass is 10.3. The van der Waals surface area contributed by atoms with Gasteiger partial charge in [-0.1, -0.05) is 23.7 Å². The predicted molar refractivity (Wildman–Crippen MR) is 60.6 cm³/mol. The molecule has 1 rings (SSSR count). The van der Waals surface area contributed by atoms with Crippen LogP contribution < -0.4 is 4.74 Å². The van der Waals surface area contributed by atoms with Gasteiger partial charge in [0, 0.05) is 7.05 Å². The fourth-order valence-corrected chi connectivity index (χ4v) is 1.36. The van der Waals surface area contributed by atoms with Crippen molar-refractivity contribution in [2.75, 3.05) is 20.2 Å². The van der Waals surface area contributed by atoms with Gasteiger partial charge in [0.25, 0.3) is 5.91 Å². The Balaban J connectivity index is 2.49. The number of likely N-dealkylation sites (N-methyl/N-ethyl adjacent to an activating group) is 1. The first kappa shape index (κ1) is 14.6. The van der Waals surface area contributed by atoms with Crippen molar-refractivity contribution in [3.8, 4) is 5.75 Å². The van der Waals surface area contributed by atoms with Crippen LogP contribution in [0.2, 0.25) is 5.02 Å². The van der Waals surface area contributed by atoms with Crippen molar-refractivity contribution in [2.24, 2.45) is 0 Å². The van der Waals surface area contributed by atoms with Crippen LogP contribution in [0.5, 0.6) is 5.75 Å². The van der Waals surface area contributed by atoms with Gasteiger partial charge < -0.3 is 9.64 Å². The number of ether oxygens (including phenoxy) is 1. The van der Waals surface area contributed by atoms with Gasteiger partial charge in [-0.25, -0.2) is 0 Å². The molecule has 3 nitrogen and oxygen atoms in total. The largest absolute Gasteiger partial charge is 0.482 e. The van der Waals surface area contributed by atoms with E-state index in [0.717, 1.165) is 7.05 Å². The summed E-state index contributed by atoms with van der Waals surface area (Å²) in [4.78, 5) is 11.9. The molecule has 0 radical (unpaired) electrons. The maximum Gasteiger partial charge on any atom is 0.406 e. The van der Waals surface area contributed by atoms with E-state index in [1.807, 2.05) is 0 Å². The molecular formula is C11H11ClF3NO2. The van der Waals surface area contributed by atoms with E-state index < -0.39 is 25.2 Å². The van der Waals surface area contributed by atoms with Crippen LogP contribution in [-0.2, 0) is 4.79 Å². The van der Waals surface area contributed by atoms with Gasteiger partial charge in [-0.3, -0.25) is 4.79 Å². The normalized spacial score (nSPS) is 11.2. The number of hydrogen-bond donors (Lipinski definition) is 0. The molecule has 1 aromatic rings. The molecule has 100 valence electrons. The first-order valence-corrected chi connectivity index (χ1v) is 5.35. The van der Waals surface area contributed by atoms with Crippen LogP contribution >= 0.6 is 11.6 Å². The molecule has 0 saturated heterocycles. The minimum Gasteiger partial charge on any atom is -0.482 e. The van der Waals surface area contributed by atoms with Crippen LogP contribution in [0.25, 0.3) is 0 Å². The number of para-hydroxylation sites is 1. The summed E-state index contributed by atoms with van der Waals surface area (Å²) >= 11 is 5.76. The molecule has 1 aromatic carbocycles. The number of halogens is 4. The lowest BCUT2D eigenvalue weighted by Gasteiger charge is -2.19. The number of carbonyl (C=O) groups is 1. The van der Waals surface area contributed by atoms with Gasteiger partial charge in [0.2, 0.25) is 0 Å². The van der Waals surface area contributed by atoms with Crippen molar-refractivity contribution in [1.29, 1.82) is 0 Å². The molecule has 0 atom stereocenters. The van der Waals surface area contributed by atoms with E-state index in [0.29, 0.717) is 9.92 Å². The van der Waals surface area contributed by atoms with Gasteiger partial charge in [-0.2, -0.15) is 13.2 Å². The van der Waals surface area contributed by atoms with E-state index in [1.165, 1.54) is 6.07 Å². The molecule has 0 bridgehead atoms. The summed E-state index contributed by atoms with van der Waals surface area (Å²) in [5, 5.41) is 0.295. The molecule has 0 unspecified atom stereocenters. The lowest BCUT2D eigenvalue weighted by molar-refractivity contribution is -0.159. The monoisotopic (exact) mass is 281 g/mol. The van der Waals surface area contributed by atoms with E-state index in [9.17, 15) is 18.0 Å². The molecular weight excluding hydrogens is 271 g/mol. The number of rotatable bonds is 4. The molecule has 1 amide bonds. The van der Waals surface area contributed by atoms with Gasteiger partial charge in [0.1, 0.15) is 12.3 Å². The van der Waals surface area contributed by atoms with E-state index in [1.54, 1.807) is 18.2 Å². The second-order valence-corrected chi connectivity index (χ2v) is 3.99. The number of hydrogen-bond acceptors (Lipinski definition) is 2. The third-order valence-corrected chi connectivity index (χ3v) is 2.34. The molecule has 0 fully saturated rings. The smallest absolute Gasteiger partial charge is 0.406 e. The third-order valence-electron chi connectivity index (χ3n) is 2.03. The standard InChI is InChI=1S/C11H11ClF3NO2/c1-16(7-11(13,14)15)10(17)6-18-9-5-3-2-4-8(9)12/h2-5H,6-7H2,1H3. The van der Waals surface area contributed by atoms with Crippen LogP contribution in [-0.4, -0.2) is 37.2 Å². The summed E-state index contributed by atoms with van der Waals surface area (Å²) in [6.07, 6.45) is -4.42. The lowest BCUT2D eigenvalue weighted by Crippen LogP contribution is -2.38. The number of alkyl halides is 3. The zero-order valence-electron chi connectivity index (χ0n) is 9.50. The molecule has 18 heavy (non-hydrogen) atoms. The van der Waals surface area contributed by atoms with Crippen LogP contribution in [0.1, 0.15) is 0 Å². The second-order valence-electron chi connectivity index (χ2n) is 3.58. The molecule has 0 N–H and O–H groups in total. The Hall–Kier alpha value is -1.43. The van der Waals surface area contributed by atoms with Gasteiger partial charge in [0.15, 0.2) is 6.61 Å². The highest BCUT2D eigenvalue weighted by molar-refractivity contribution is 6.32. The number of benzene rings is 1. The van der Waals surface area contributed by atoms with Crippen molar-refractivity contribution in [2.45, 2.75) is 6.18 Å². The zero-order valence-corrected chi connectivity index (χ0v) is 10.3. The van der Waals surface area contributed by atoms with Crippen molar-refractivity contribution in [3.63, 3.8) is 0 Å². The van der Waals surface area contributed by atoms with Crippen LogP contribution in [0, 0.1) is 0 Å². The SMILES string of the molecule is CN(CC(F)(F)F)C(=O)COc1ccccc1Cl. The average Bonchev–Trinajstić information content (AvgIpc) is 2.25. The fourth-order valence-electron chi connectivity index (χ4n) is 1.17. The summed E-state index contributed by atoms with van der Waals surface area (Å²) in [7, 11) is 1.06. The fraction of sp³-hybridized carbons (Fsp3) is 0.364. The third kappa shape index (κ3) is 4.83. The predicted octanol–water partition coefficient (Wildman–Crippen LogP) is 2.74. The minimum absolute atomic E-state index is 0.257. The highest BCUT2D eigenvalue weighted by Crippen LogP contribution is 2.23. The molecule has 0 aromatic heterocycles. The van der Waals surface area contributed by atoms with Crippen LogP contribution in [0.3, 0.4) is 0 Å². The summed E-state index contributed by atoms with van der Waals surface area (Å²) in [6, 6.07) is 6.40. The first-order valence-electron chi connectivity index (χ1n) is 4.97. The summed E-state index contributed by atoms with van der Waals surface area (Å²) in [6.45, 7) is -1.80. The summed E-state index contributed by atoms with van der Waals surface area (Å²) in [5.74, 6) is -0.514. The Labute approximate surface area is 107 Å². The maximum absolute atomic E-state index is 12.0. The Morgan fingerprint density at radius 1 is 1.39 bits per heavy atom. The molecule has 0 aliphatic rings. The Bertz CT molecular complexity index is 423. The maximum atomic E-state index is 12.0. The highest BCUT2D eigenvalue weighted by atomic mass is 35.5. The number of amides is 1. The number of nitrogens with zero attached hydrogens (tertiary/aromatic N) is 1. The van der Waals surface area contributed by atoms with Crippen molar-refractivity contribution in [3.05, 3.63) is 29.3 Å². The molecule has 0 spiro atoms. The minimum atomic E-state index is -4.42. The van der Waals surface area contributed by atoms with E-state index in [4.69, 9.17) is 16.3 Å². The Morgan fingerprint density at radius 2 is 2.00 bits per heavy atom. The molecule has 0 heterocycles. The quantitative estimate of drug-likeness (QED) is 0.849. The highest BCUT2D eigenvalue weighted by Gasteiger charge is 2.31. The van der Waals surface area contributed by atoms with Crippen LogP contribution in [0.4, 0.5) is 13.2 Å². The number of carbonyl (C=O) groups excluding carboxylic acids is 1. The van der Waals surface area contributed by atoms with Gasteiger partial charge in [-0.15, -0.1) is 0 Å². The topological polar surface area (TPSA) is 29.5 Å². The summed E-state index contributed by atoms with van der Waals surface area (Å²) in [5.41, 5.74) is 0. The van der Waals surface area contributed by atoms with E-state index >= 15 is 0 Å². The van der Waals surface area contributed by atoms with E-state index in [-0.39, 0.29) is 5.75 Å². The van der Waals surface area contributed by atoms with Crippen LogP contribution in [0.15, 0.2) is 24.3 Å². The Kier molecular flexibility index (Phi) is 4.84. The van der Waals surface area contributed by atoms with Crippen molar-refractivity contribution in [1.82, 2.24) is 4.90 Å². The molecule has 0 aliphatic heterocycles. The Morgan fingerprint density at radius 3 is 2.56 bits per heavy atom. The zero-order chi connectivity index (χ0) is 13.8. The van der Waals surface area contributed by atoms with Gasteiger partial charge in [-0.05, 0) is 12.1 Å². The van der Waals surface area contributed by atoms with E-state index in [2.05, 4.69) is 0 Å². The first-order chi connectivity index (χ1) is 8.29. The average molecular weight is 282 g/mol.